The number of nitrogen functional groups attached to an aromatic ring is 1. The number of hydrogen-bond donors (Lipinski definition) is 2. The van der Waals surface area contributed by atoms with Crippen LogP contribution in [0.1, 0.15) is 25.3 Å². The van der Waals surface area contributed by atoms with Crippen LogP contribution in [0.15, 0.2) is 36.7 Å². The van der Waals surface area contributed by atoms with Crippen LogP contribution in [0.25, 0.3) is 11.2 Å². The van der Waals surface area contributed by atoms with Crippen LogP contribution in [0.2, 0.25) is 0 Å². The summed E-state index contributed by atoms with van der Waals surface area (Å²) in [5, 5.41) is 3.26. The lowest BCUT2D eigenvalue weighted by Crippen LogP contribution is -2.09. The van der Waals surface area contributed by atoms with E-state index in [1.807, 2.05) is 10.6 Å². The standard InChI is InChI=1S/C17H22N6/c1-2-11-23-12-20-14-15(18)21-17(22-16(14)23)19-10-6-9-13-7-4-3-5-8-13/h3-5,7-8,12H,2,6,9-11H2,1H3,(H3,18,19,21,22). The maximum Gasteiger partial charge on any atom is 0.226 e. The number of hydrogen-bond acceptors (Lipinski definition) is 5. The summed E-state index contributed by atoms with van der Waals surface area (Å²) in [6.45, 7) is 3.81. The Kier molecular flexibility index (Phi) is 4.71. The second-order valence-corrected chi connectivity index (χ2v) is 5.56. The van der Waals surface area contributed by atoms with Crippen LogP contribution in [0.3, 0.4) is 0 Å². The van der Waals surface area contributed by atoms with E-state index >= 15 is 0 Å². The highest BCUT2D eigenvalue weighted by molar-refractivity contribution is 5.82. The van der Waals surface area contributed by atoms with Gasteiger partial charge >= 0.3 is 0 Å². The number of aromatic nitrogens is 4. The van der Waals surface area contributed by atoms with E-state index in [0.29, 0.717) is 17.3 Å². The van der Waals surface area contributed by atoms with Crippen LogP contribution < -0.4 is 11.1 Å². The summed E-state index contributed by atoms with van der Waals surface area (Å²) in [6.07, 6.45) is 4.84. The Hall–Kier alpha value is -2.63. The summed E-state index contributed by atoms with van der Waals surface area (Å²) in [6, 6.07) is 10.4. The molecule has 0 radical (unpaired) electrons. The van der Waals surface area contributed by atoms with Crippen LogP contribution in [0, 0.1) is 0 Å². The molecule has 120 valence electrons. The number of fused-ring (bicyclic) bond motifs is 1. The van der Waals surface area contributed by atoms with Crippen molar-refractivity contribution in [3.8, 4) is 0 Å². The van der Waals surface area contributed by atoms with E-state index in [2.05, 4.69) is 51.5 Å². The van der Waals surface area contributed by atoms with Crippen LogP contribution in [-0.4, -0.2) is 26.1 Å². The van der Waals surface area contributed by atoms with Crippen molar-refractivity contribution in [3.05, 3.63) is 42.2 Å². The molecule has 3 aromatic rings. The van der Waals surface area contributed by atoms with E-state index in [0.717, 1.165) is 38.0 Å². The molecule has 0 fully saturated rings. The zero-order chi connectivity index (χ0) is 16.1. The van der Waals surface area contributed by atoms with Gasteiger partial charge in [0.15, 0.2) is 11.5 Å². The number of anilines is 2. The summed E-state index contributed by atoms with van der Waals surface area (Å²) in [7, 11) is 0. The maximum absolute atomic E-state index is 5.99. The molecule has 3 rings (SSSR count). The van der Waals surface area contributed by atoms with Crippen LogP contribution in [0.5, 0.6) is 0 Å². The third kappa shape index (κ3) is 3.59. The number of benzene rings is 1. The molecular formula is C17H22N6. The lowest BCUT2D eigenvalue weighted by atomic mass is 10.1. The molecule has 0 spiro atoms. The molecule has 1 aromatic carbocycles. The van der Waals surface area contributed by atoms with E-state index in [9.17, 15) is 0 Å². The predicted octanol–water partition coefficient (Wildman–Crippen LogP) is 2.86. The second kappa shape index (κ2) is 7.09. The zero-order valence-electron chi connectivity index (χ0n) is 13.4. The Bertz CT molecular complexity index is 765. The van der Waals surface area contributed by atoms with Gasteiger partial charge in [-0.25, -0.2) is 4.98 Å². The first-order valence-corrected chi connectivity index (χ1v) is 8.04. The van der Waals surface area contributed by atoms with Gasteiger partial charge in [0.05, 0.1) is 6.33 Å². The highest BCUT2D eigenvalue weighted by Gasteiger charge is 2.10. The number of nitrogens with two attached hydrogens (primary N) is 1. The summed E-state index contributed by atoms with van der Waals surface area (Å²) in [4.78, 5) is 13.2. The number of imidazole rings is 1. The van der Waals surface area contributed by atoms with Crippen LogP contribution >= 0.6 is 0 Å². The molecule has 0 aliphatic carbocycles. The summed E-state index contributed by atoms with van der Waals surface area (Å²) >= 11 is 0. The molecule has 0 aliphatic rings. The molecule has 3 N–H and O–H groups in total. The minimum atomic E-state index is 0.426. The first-order valence-electron chi connectivity index (χ1n) is 8.04. The first kappa shape index (κ1) is 15.3. The molecule has 6 heteroatoms. The Balaban J connectivity index is 1.64. The van der Waals surface area contributed by atoms with Gasteiger partial charge in [0.1, 0.15) is 5.52 Å². The minimum Gasteiger partial charge on any atom is -0.382 e. The molecule has 2 heterocycles. The van der Waals surface area contributed by atoms with Gasteiger partial charge in [0.25, 0.3) is 0 Å². The average molecular weight is 310 g/mol. The van der Waals surface area contributed by atoms with Gasteiger partial charge in [-0.2, -0.15) is 9.97 Å². The van der Waals surface area contributed by atoms with Crippen molar-refractivity contribution in [3.63, 3.8) is 0 Å². The zero-order valence-corrected chi connectivity index (χ0v) is 13.4. The fraction of sp³-hybridized carbons (Fsp3) is 0.353. The van der Waals surface area contributed by atoms with Crippen molar-refractivity contribution in [1.29, 1.82) is 0 Å². The van der Waals surface area contributed by atoms with Crippen molar-refractivity contribution in [1.82, 2.24) is 19.5 Å². The predicted molar refractivity (Wildman–Crippen MR) is 93.3 cm³/mol. The third-order valence-corrected chi connectivity index (χ3v) is 3.72. The highest BCUT2D eigenvalue weighted by Crippen LogP contribution is 2.18. The quantitative estimate of drug-likeness (QED) is 0.656. The SMILES string of the molecule is CCCn1cnc2c(N)nc(NCCCc3ccccc3)nc21. The van der Waals surface area contributed by atoms with Gasteiger partial charge in [-0.05, 0) is 24.8 Å². The second-order valence-electron chi connectivity index (χ2n) is 5.56. The van der Waals surface area contributed by atoms with Crippen molar-refractivity contribution >= 4 is 22.9 Å². The molecule has 0 saturated carbocycles. The molecule has 2 aromatic heterocycles. The van der Waals surface area contributed by atoms with E-state index in [1.54, 1.807) is 6.33 Å². The molecular weight excluding hydrogens is 288 g/mol. The first-order chi connectivity index (χ1) is 11.3. The molecule has 6 nitrogen and oxygen atoms in total. The largest absolute Gasteiger partial charge is 0.382 e. The van der Waals surface area contributed by atoms with E-state index in [4.69, 9.17) is 5.73 Å². The summed E-state index contributed by atoms with van der Waals surface area (Å²) in [5.41, 5.74) is 8.80. The third-order valence-electron chi connectivity index (χ3n) is 3.72. The molecule has 23 heavy (non-hydrogen) atoms. The van der Waals surface area contributed by atoms with Gasteiger partial charge < -0.3 is 15.6 Å². The van der Waals surface area contributed by atoms with Crippen LogP contribution in [-0.2, 0) is 13.0 Å². The summed E-state index contributed by atoms with van der Waals surface area (Å²) < 4.78 is 2.02. The molecule has 0 atom stereocenters. The molecule has 0 unspecified atom stereocenters. The summed E-state index contributed by atoms with van der Waals surface area (Å²) in [5.74, 6) is 0.997. The van der Waals surface area contributed by atoms with E-state index in [-0.39, 0.29) is 0 Å². The molecule has 0 aliphatic heterocycles. The lowest BCUT2D eigenvalue weighted by Gasteiger charge is -2.07. The number of nitrogens with zero attached hydrogens (tertiary/aromatic N) is 4. The van der Waals surface area contributed by atoms with Gasteiger partial charge in [-0.3, -0.25) is 0 Å². The molecule has 0 bridgehead atoms. The number of aryl methyl sites for hydroxylation is 2. The fourth-order valence-electron chi connectivity index (χ4n) is 2.59. The number of rotatable bonds is 7. The normalized spacial score (nSPS) is 11.0. The topological polar surface area (TPSA) is 81.7 Å². The smallest absolute Gasteiger partial charge is 0.226 e. The Morgan fingerprint density at radius 1 is 1.17 bits per heavy atom. The van der Waals surface area contributed by atoms with Gasteiger partial charge in [0.2, 0.25) is 5.95 Å². The molecule has 0 amide bonds. The maximum atomic E-state index is 5.99. The Labute approximate surface area is 135 Å². The molecule has 0 saturated heterocycles. The van der Waals surface area contributed by atoms with Gasteiger partial charge in [0, 0.05) is 13.1 Å². The van der Waals surface area contributed by atoms with E-state index < -0.39 is 0 Å². The minimum absolute atomic E-state index is 0.426. The Morgan fingerprint density at radius 3 is 2.78 bits per heavy atom. The van der Waals surface area contributed by atoms with E-state index in [1.165, 1.54) is 5.56 Å². The Morgan fingerprint density at radius 2 is 2.00 bits per heavy atom. The van der Waals surface area contributed by atoms with Crippen molar-refractivity contribution in [2.24, 2.45) is 0 Å². The lowest BCUT2D eigenvalue weighted by molar-refractivity contribution is 0.691. The fourth-order valence-corrected chi connectivity index (χ4v) is 2.59. The van der Waals surface area contributed by atoms with Crippen molar-refractivity contribution in [2.45, 2.75) is 32.7 Å². The monoisotopic (exact) mass is 310 g/mol. The van der Waals surface area contributed by atoms with Gasteiger partial charge in [-0.1, -0.05) is 37.3 Å². The van der Waals surface area contributed by atoms with Crippen molar-refractivity contribution in [2.75, 3.05) is 17.6 Å². The van der Waals surface area contributed by atoms with Gasteiger partial charge in [-0.15, -0.1) is 0 Å². The number of nitrogens with one attached hydrogen (secondary N) is 1. The highest BCUT2D eigenvalue weighted by atomic mass is 15.2. The van der Waals surface area contributed by atoms with Crippen molar-refractivity contribution < 1.29 is 0 Å². The van der Waals surface area contributed by atoms with Crippen LogP contribution in [0.4, 0.5) is 11.8 Å². The average Bonchev–Trinajstić information content (AvgIpc) is 2.97.